The van der Waals surface area contributed by atoms with Crippen molar-refractivity contribution in [1.29, 1.82) is 0 Å². The summed E-state index contributed by atoms with van der Waals surface area (Å²) in [6.45, 7) is 5.64. The Morgan fingerprint density at radius 2 is 1.95 bits per heavy atom. The highest BCUT2D eigenvalue weighted by Gasteiger charge is 2.19. The Bertz CT molecular complexity index is 729. The lowest BCUT2D eigenvalue weighted by atomic mass is 10.1. The van der Waals surface area contributed by atoms with E-state index in [9.17, 15) is 9.59 Å². The molecule has 110 valence electrons. The molecule has 0 radical (unpaired) electrons. The first kappa shape index (κ1) is 14.8. The molecule has 6 heteroatoms. The van der Waals surface area contributed by atoms with Crippen LogP contribution in [-0.4, -0.2) is 20.6 Å². The van der Waals surface area contributed by atoms with Gasteiger partial charge in [-0.1, -0.05) is 12.1 Å². The quantitative estimate of drug-likeness (QED) is 0.938. The number of aromatic carboxylic acids is 1. The molecule has 0 fully saturated rings. The standard InChI is InChI=1S/C15H16N2O4/c1-15(2,3)17-9-8-16-12(13(17)18)21-11-7-5-4-6-10(11)14(19)20/h4-9H,1-3H3,(H,19,20). The van der Waals surface area contributed by atoms with Crippen LogP contribution in [0.5, 0.6) is 11.6 Å². The van der Waals surface area contributed by atoms with Gasteiger partial charge in [-0.2, -0.15) is 0 Å². The van der Waals surface area contributed by atoms with Crippen molar-refractivity contribution in [1.82, 2.24) is 9.55 Å². The molecular formula is C15H16N2O4. The van der Waals surface area contributed by atoms with E-state index in [1.54, 1.807) is 18.3 Å². The van der Waals surface area contributed by atoms with E-state index >= 15 is 0 Å². The van der Waals surface area contributed by atoms with Crippen LogP contribution in [0.1, 0.15) is 31.1 Å². The molecule has 0 spiro atoms. The summed E-state index contributed by atoms with van der Waals surface area (Å²) in [5.74, 6) is -1.19. The second-order valence-electron chi connectivity index (χ2n) is 5.48. The van der Waals surface area contributed by atoms with E-state index in [-0.39, 0.29) is 17.2 Å². The summed E-state index contributed by atoms with van der Waals surface area (Å²) in [5, 5.41) is 9.11. The van der Waals surface area contributed by atoms with Crippen LogP contribution < -0.4 is 10.3 Å². The van der Waals surface area contributed by atoms with Gasteiger partial charge in [-0.15, -0.1) is 0 Å². The molecule has 0 unspecified atom stereocenters. The van der Waals surface area contributed by atoms with Crippen molar-refractivity contribution in [2.45, 2.75) is 26.3 Å². The summed E-state index contributed by atoms with van der Waals surface area (Å²) in [4.78, 5) is 27.4. The Labute approximate surface area is 121 Å². The SMILES string of the molecule is CC(C)(C)n1ccnc(Oc2ccccc2C(=O)O)c1=O. The number of rotatable bonds is 3. The largest absolute Gasteiger partial charge is 0.478 e. The summed E-state index contributed by atoms with van der Waals surface area (Å²) < 4.78 is 6.90. The predicted molar refractivity (Wildman–Crippen MR) is 77.0 cm³/mol. The van der Waals surface area contributed by atoms with E-state index < -0.39 is 17.1 Å². The number of benzene rings is 1. The van der Waals surface area contributed by atoms with Crippen LogP contribution in [0.15, 0.2) is 41.5 Å². The van der Waals surface area contributed by atoms with E-state index in [0.717, 1.165) is 0 Å². The van der Waals surface area contributed by atoms with Gasteiger partial charge in [0, 0.05) is 17.9 Å². The highest BCUT2D eigenvalue weighted by atomic mass is 16.5. The average molecular weight is 288 g/mol. The van der Waals surface area contributed by atoms with Crippen LogP contribution in [0.4, 0.5) is 0 Å². The molecule has 1 heterocycles. The van der Waals surface area contributed by atoms with Crippen molar-refractivity contribution in [3.05, 3.63) is 52.6 Å². The lowest BCUT2D eigenvalue weighted by Gasteiger charge is -2.22. The number of hydrogen-bond acceptors (Lipinski definition) is 4. The molecule has 2 rings (SSSR count). The summed E-state index contributed by atoms with van der Waals surface area (Å²) in [6.07, 6.45) is 3.02. The number of carboxylic acids is 1. The van der Waals surface area contributed by atoms with Crippen molar-refractivity contribution in [3.8, 4) is 11.6 Å². The minimum absolute atomic E-state index is 0.0233. The highest BCUT2D eigenvalue weighted by Crippen LogP contribution is 2.22. The van der Waals surface area contributed by atoms with Gasteiger partial charge in [0.15, 0.2) is 0 Å². The molecule has 0 aliphatic carbocycles. The van der Waals surface area contributed by atoms with Crippen LogP contribution in [-0.2, 0) is 5.54 Å². The maximum Gasteiger partial charge on any atom is 0.339 e. The molecule has 1 N–H and O–H groups in total. The van der Waals surface area contributed by atoms with E-state index in [4.69, 9.17) is 9.84 Å². The molecule has 0 bridgehead atoms. The van der Waals surface area contributed by atoms with Gasteiger partial charge in [-0.3, -0.25) is 4.79 Å². The first-order valence-electron chi connectivity index (χ1n) is 6.39. The zero-order valence-electron chi connectivity index (χ0n) is 12.0. The molecule has 0 saturated heterocycles. The molecule has 21 heavy (non-hydrogen) atoms. The lowest BCUT2D eigenvalue weighted by molar-refractivity contribution is 0.0694. The lowest BCUT2D eigenvalue weighted by Crippen LogP contribution is -2.34. The fourth-order valence-electron chi connectivity index (χ4n) is 1.83. The van der Waals surface area contributed by atoms with Crippen molar-refractivity contribution >= 4 is 5.97 Å². The van der Waals surface area contributed by atoms with Crippen molar-refractivity contribution in [2.75, 3.05) is 0 Å². The van der Waals surface area contributed by atoms with Gasteiger partial charge in [0.05, 0.1) is 0 Å². The van der Waals surface area contributed by atoms with Crippen molar-refractivity contribution in [3.63, 3.8) is 0 Å². The van der Waals surface area contributed by atoms with Gasteiger partial charge >= 0.3 is 11.5 Å². The fourth-order valence-corrected chi connectivity index (χ4v) is 1.83. The van der Waals surface area contributed by atoms with E-state index in [2.05, 4.69) is 4.98 Å². The second-order valence-corrected chi connectivity index (χ2v) is 5.48. The molecule has 0 aliphatic heterocycles. The average Bonchev–Trinajstić information content (AvgIpc) is 2.40. The topological polar surface area (TPSA) is 81.4 Å². The first-order valence-corrected chi connectivity index (χ1v) is 6.39. The summed E-state index contributed by atoms with van der Waals surface area (Å²) in [5.41, 5.74) is -0.861. The van der Waals surface area contributed by atoms with E-state index in [1.165, 1.54) is 22.9 Å². The van der Waals surface area contributed by atoms with Gasteiger partial charge in [0.25, 0.3) is 5.88 Å². The number of hydrogen-bond donors (Lipinski definition) is 1. The molecule has 0 aliphatic rings. The minimum Gasteiger partial charge on any atom is -0.478 e. The molecule has 1 aromatic heterocycles. The van der Waals surface area contributed by atoms with Crippen LogP contribution in [0, 0.1) is 0 Å². The molecule has 1 aromatic carbocycles. The van der Waals surface area contributed by atoms with Crippen LogP contribution in [0.25, 0.3) is 0 Å². The van der Waals surface area contributed by atoms with Crippen LogP contribution in [0.3, 0.4) is 0 Å². The minimum atomic E-state index is -1.13. The summed E-state index contributed by atoms with van der Waals surface area (Å²) in [7, 11) is 0. The third-order valence-corrected chi connectivity index (χ3v) is 2.86. The fraction of sp³-hybridized carbons (Fsp3) is 0.267. The van der Waals surface area contributed by atoms with Gasteiger partial charge in [0.1, 0.15) is 11.3 Å². The Kier molecular flexibility index (Phi) is 3.80. The Balaban J connectivity index is 2.47. The molecule has 0 amide bonds. The zero-order valence-corrected chi connectivity index (χ0v) is 12.0. The smallest absolute Gasteiger partial charge is 0.339 e. The van der Waals surface area contributed by atoms with Gasteiger partial charge in [-0.05, 0) is 32.9 Å². The zero-order chi connectivity index (χ0) is 15.6. The van der Waals surface area contributed by atoms with E-state index in [0.29, 0.717) is 0 Å². The van der Waals surface area contributed by atoms with E-state index in [1.807, 2.05) is 20.8 Å². The van der Waals surface area contributed by atoms with Crippen molar-refractivity contribution < 1.29 is 14.6 Å². The van der Waals surface area contributed by atoms with Crippen LogP contribution in [0.2, 0.25) is 0 Å². The second kappa shape index (κ2) is 5.40. The maximum atomic E-state index is 12.3. The highest BCUT2D eigenvalue weighted by molar-refractivity contribution is 5.90. The summed E-state index contributed by atoms with van der Waals surface area (Å²) in [6, 6.07) is 6.11. The van der Waals surface area contributed by atoms with Gasteiger partial charge in [-0.25, -0.2) is 9.78 Å². The molecular weight excluding hydrogens is 272 g/mol. The number of carboxylic acid groups (broad SMARTS) is 1. The number of carbonyl (C=O) groups is 1. The van der Waals surface area contributed by atoms with Crippen LogP contribution >= 0.6 is 0 Å². The normalized spacial score (nSPS) is 11.2. The number of aromatic nitrogens is 2. The van der Waals surface area contributed by atoms with Gasteiger partial charge in [0.2, 0.25) is 0 Å². The maximum absolute atomic E-state index is 12.3. The third-order valence-electron chi connectivity index (χ3n) is 2.86. The Hall–Kier alpha value is -2.63. The molecule has 6 nitrogen and oxygen atoms in total. The Morgan fingerprint density at radius 3 is 2.57 bits per heavy atom. The number of para-hydroxylation sites is 1. The first-order chi connectivity index (χ1) is 9.80. The van der Waals surface area contributed by atoms with Crippen molar-refractivity contribution in [2.24, 2.45) is 0 Å². The number of nitrogens with zero attached hydrogens (tertiary/aromatic N) is 2. The predicted octanol–water partition coefficient (Wildman–Crippen LogP) is 2.49. The molecule has 0 saturated carbocycles. The third kappa shape index (κ3) is 3.10. The molecule has 0 atom stereocenters. The summed E-state index contributed by atoms with van der Waals surface area (Å²) >= 11 is 0. The number of ether oxygens (including phenoxy) is 1. The Morgan fingerprint density at radius 1 is 1.29 bits per heavy atom. The molecule has 2 aromatic rings. The monoisotopic (exact) mass is 288 g/mol. The van der Waals surface area contributed by atoms with Gasteiger partial charge < -0.3 is 14.4 Å².